The normalized spacial score (nSPS) is 18.7. The lowest BCUT2D eigenvalue weighted by molar-refractivity contribution is -0.137. The lowest BCUT2D eigenvalue weighted by atomic mass is 9.77. The van der Waals surface area contributed by atoms with E-state index in [4.69, 9.17) is 0 Å². The molecule has 0 saturated heterocycles. The maximum Gasteiger partial charge on any atom is 0.416 e. The van der Waals surface area contributed by atoms with Crippen LogP contribution in [0.4, 0.5) is 18.3 Å². The highest BCUT2D eigenvalue weighted by atomic mass is 32.2. The molecule has 0 radical (unpaired) electrons. The average molecular weight is 516 g/mol. The number of ketones is 1. The van der Waals surface area contributed by atoms with Crippen molar-refractivity contribution in [1.82, 2.24) is 10.2 Å². The van der Waals surface area contributed by atoms with Gasteiger partial charge in [0.1, 0.15) is 0 Å². The predicted octanol–water partition coefficient (Wildman–Crippen LogP) is 6.38. The summed E-state index contributed by atoms with van der Waals surface area (Å²) >= 11 is 2.47. The van der Waals surface area contributed by atoms with Crippen molar-refractivity contribution in [2.45, 2.75) is 47.9 Å². The Labute approximate surface area is 208 Å². The van der Waals surface area contributed by atoms with Crippen LogP contribution < -0.4 is 4.90 Å². The first-order valence-corrected chi connectivity index (χ1v) is 12.9. The molecule has 1 aromatic heterocycles. The second-order valence-corrected chi connectivity index (χ2v) is 10.5. The number of carbonyl (C=O) groups is 2. The monoisotopic (exact) mass is 515 g/mol. The third-order valence-electron chi connectivity index (χ3n) is 6.08. The van der Waals surface area contributed by atoms with E-state index in [0.717, 1.165) is 17.7 Å². The Morgan fingerprint density at radius 2 is 1.83 bits per heavy atom. The van der Waals surface area contributed by atoms with Crippen LogP contribution >= 0.6 is 23.1 Å². The Hall–Kier alpha value is -2.98. The third kappa shape index (κ3) is 4.90. The zero-order valence-electron chi connectivity index (χ0n) is 18.4. The van der Waals surface area contributed by atoms with Gasteiger partial charge in [0.25, 0.3) is 0 Å². The fraction of sp³-hybridized carbons (Fsp3) is 0.280. The van der Waals surface area contributed by atoms with E-state index in [0.29, 0.717) is 45.6 Å². The van der Waals surface area contributed by atoms with Crippen molar-refractivity contribution in [3.63, 3.8) is 0 Å². The number of allylic oxidation sites excluding steroid dienone is 2. The molecular formula is C25H20F3N3O2S2. The average Bonchev–Trinajstić information content (AvgIpc) is 3.31. The summed E-state index contributed by atoms with van der Waals surface area (Å²) in [6, 6.07) is 14.8. The molecule has 180 valence electrons. The van der Waals surface area contributed by atoms with Crippen LogP contribution in [-0.2, 0) is 21.5 Å². The summed E-state index contributed by atoms with van der Waals surface area (Å²) in [5.74, 6) is -0.0702. The Kier molecular flexibility index (Phi) is 6.50. The number of nitrogens with zero attached hydrogens (tertiary/aromatic N) is 3. The lowest BCUT2D eigenvalue weighted by Gasteiger charge is -2.36. The first-order chi connectivity index (χ1) is 16.8. The van der Waals surface area contributed by atoms with Gasteiger partial charge in [-0.15, -0.1) is 10.2 Å². The third-order valence-corrected chi connectivity index (χ3v) is 8.19. The van der Waals surface area contributed by atoms with Crippen molar-refractivity contribution >= 4 is 39.9 Å². The molecule has 0 spiro atoms. The van der Waals surface area contributed by atoms with E-state index in [1.807, 2.05) is 30.3 Å². The van der Waals surface area contributed by atoms with E-state index >= 15 is 0 Å². The van der Waals surface area contributed by atoms with Gasteiger partial charge >= 0.3 is 6.18 Å². The standard InChI is InChI=1S/C25H20F3N3O2S2/c26-25(27,28)17-9-4-6-15(12-17)14-34-24-30-29-23(35-24)31-19-10-5-11-20(32)22(19)18(13-21(31)33)16-7-2-1-3-8-16/h1-4,6-9,12,18H,5,10-11,13-14H2. The molecule has 2 aliphatic rings. The molecule has 0 fully saturated rings. The van der Waals surface area contributed by atoms with E-state index in [2.05, 4.69) is 10.2 Å². The van der Waals surface area contributed by atoms with Gasteiger partial charge in [0.05, 0.1) is 5.56 Å². The van der Waals surface area contributed by atoms with Gasteiger partial charge in [-0.25, -0.2) is 0 Å². The smallest absolute Gasteiger partial charge is 0.294 e. The fourth-order valence-corrected chi connectivity index (χ4v) is 6.35. The molecule has 5 rings (SSSR count). The second-order valence-electron chi connectivity index (χ2n) is 8.37. The number of anilines is 1. The molecule has 0 N–H and O–H groups in total. The predicted molar refractivity (Wildman–Crippen MR) is 128 cm³/mol. The second kappa shape index (κ2) is 9.58. The summed E-state index contributed by atoms with van der Waals surface area (Å²) < 4.78 is 39.5. The number of Topliss-reactive ketones (excluding diaryl/α,β-unsaturated/α-hetero) is 1. The number of carbonyl (C=O) groups excluding carboxylic acids is 2. The van der Waals surface area contributed by atoms with Crippen LogP contribution in [0.5, 0.6) is 0 Å². The van der Waals surface area contributed by atoms with E-state index < -0.39 is 11.7 Å². The van der Waals surface area contributed by atoms with Crippen molar-refractivity contribution in [3.05, 3.63) is 82.6 Å². The topological polar surface area (TPSA) is 63.2 Å². The molecule has 1 atom stereocenters. The first-order valence-electron chi connectivity index (χ1n) is 11.1. The molecular weight excluding hydrogens is 495 g/mol. The van der Waals surface area contributed by atoms with Crippen molar-refractivity contribution in [2.75, 3.05) is 4.90 Å². The number of aromatic nitrogens is 2. The molecule has 10 heteroatoms. The van der Waals surface area contributed by atoms with Crippen LogP contribution in [0.2, 0.25) is 0 Å². The maximum atomic E-state index is 13.3. The first kappa shape index (κ1) is 23.7. The molecule has 1 aliphatic heterocycles. The SMILES string of the molecule is O=C1CCCC2=C1C(c1ccccc1)CC(=O)N2c1nnc(SCc2cccc(C(F)(F)F)c2)s1. The van der Waals surface area contributed by atoms with Gasteiger partial charge in [0.15, 0.2) is 10.1 Å². The molecule has 1 unspecified atom stereocenters. The number of hydrogen-bond donors (Lipinski definition) is 0. The molecule has 0 bridgehead atoms. The lowest BCUT2D eigenvalue weighted by Crippen LogP contribution is -2.40. The van der Waals surface area contributed by atoms with E-state index in [1.165, 1.54) is 34.1 Å². The minimum atomic E-state index is -4.40. The zero-order valence-corrected chi connectivity index (χ0v) is 20.1. The zero-order chi connectivity index (χ0) is 24.6. The molecule has 0 saturated carbocycles. The van der Waals surface area contributed by atoms with E-state index in [9.17, 15) is 22.8 Å². The number of benzene rings is 2. The minimum Gasteiger partial charge on any atom is -0.294 e. The van der Waals surface area contributed by atoms with Crippen molar-refractivity contribution in [1.29, 1.82) is 0 Å². The van der Waals surface area contributed by atoms with Crippen LogP contribution in [0.25, 0.3) is 0 Å². The Balaban J connectivity index is 1.40. The number of amides is 1. The van der Waals surface area contributed by atoms with Crippen LogP contribution in [0, 0.1) is 0 Å². The van der Waals surface area contributed by atoms with Crippen LogP contribution in [0.15, 0.2) is 70.2 Å². The van der Waals surface area contributed by atoms with Gasteiger partial charge in [0.2, 0.25) is 11.0 Å². The molecule has 35 heavy (non-hydrogen) atoms. The number of alkyl halides is 3. The maximum absolute atomic E-state index is 13.3. The summed E-state index contributed by atoms with van der Waals surface area (Å²) in [7, 11) is 0. The minimum absolute atomic E-state index is 0.0567. The highest BCUT2D eigenvalue weighted by Crippen LogP contribution is 2.44. The highest BCUT2D eigenvalue weighted by molar-refractivity contribution is 8.00. The molecule has 3 aromatic rings. The van der Waals surface area contributed by atoms with Gasteiger partial charge in [-0.2, -0.15) is 13.2 Å². The van der Waals surface area contributed by atoms with Gasteiger partial charge in [-0.3, -0.25) is 14.5 Å². The molecule has 2 heterocycles. The molecule has 1 amide bonds. The number of halogens is 3. The summed E-state index contributed by atoms with van der Waals surface area (Å²) in [6.07, 6.45) is -2.51. The largest absolute Gasteiger partial charge is 0.416 e. The van der Waals surface area contributed by atoms with Gasteiger partial charge in [-0.1, -0.05) is 71.6 Å². The number of hydrogen-bond acceptors (Lipinski definition) is 6. The van der Waals surface area contributed by atoms with Crippen LogP contribution in [0.3, 0.4) is 0 Å². The van der Waals surface area contributed by atoms with Crippen LogP contribution in [0.1, 0.15) is 48.3 Å². The van der Waals surface area contributed by atoms with Gasteiger partial charge in [0, 0.05) is 35.8 Å². The van der Waals surface area contributed by atoms with E-state index in [1.54, 1.807) is 6.07 Å². The van der Waals surface area contributed by atoms with Gasteiger partial charge < -0.3 is 0 Å². The fourth-order valence-electron chi connectivity index (χ4n) is 4.52. The summed E-state index contributed by atoms with van der Waals surface area (Å²) in [5, 5.41) is 8.74. The molecule has 1 aliphatic carbocycles. The Bertz CT molecular complexity index is 1300. The Morgan fingerprint density at radius 1 is 1.03 bits per heavy atom. The summed E-state index contributed by atoms with van der Waals surface area (Å²) in [6.45, 7) is 0. The summed E-state index contributed by atoms with van der Waals surface area (Å²) in [5.41, 5.74) is 2.14. The van der Waals surface area contributed by atoms with E-state index in [-0.39, 0.29) is 29.8 Å². The molecule has 2 aromatic carbocycles. The number of thioether (sulfide) groups is 1. The van der Waals surface area contributed by atoms with Crippen LogP contribution in [-0.4, -0.2) is 21.9 Å². The number of rotatable bonds is 5. The summed E-state index contributed by atoms with van der Waals surface area (Å²) in [4.78, 5) is 27.7. The van der Waals surface area contributed by atoms with Crippen molar-refractivity contribution in [2.24, 2.45) is 0 Å². The van der Waals surface area contributed by atoms with Crippen molar-refractivity contribution in [3.8, 4) is 0 Å². The Morgan fingerprint density at radius 3 is 2.60 bits per heavy atom. The quantitative estimate of drug-likeness (QED) is 0.292. The highest BCUT2D eigenvalue weighted by Gasteiger charge is 2.40. The van der Waals surface area contributed by atoms with Gasteiger partial charge in [-0.05, 0) is 30.0 Å². The molecule has 5 nitrogen and oxygen atoms in total. The van der Waals surface area contributed by atoms with Crippen molar-refractivity contribution < 1.29 is 22.8 Å².